The second-order valence-corrected chi connectivity index (χ2v) is 3.92. The lowest BCUT2D eigenvalue weighted by molar-refractivity contribution is 0.685. The Morgan fingerprint density at radius 3 is 2.22 bits per heavy atom. The SMILES string of the molecule is [CH2]CC(Cl)(Cl)CCCCl. The van der Waals surface area contributed by atoms with Crippen molar-refractivity contribution < 1.29 is 0 Å². The quantitative estimate of drug-likeness (QED) is 0.593. The molecule has 0 spiro atoms. The van der Waals surface area contributed by atoms with Crippen molar-refractivity contribution in [3.05, 3.63) is 6.92 Å². The molecule has 0 aliphatic rings. The molecule has 0 N–H and O–H groups in total. The third-order valence-electron chi connectivity index (χ3n) is 1.04. The lowest BCUT2D eigenvalue weighted by Crippen LogP contribution is -2.10. The Hall–Kier alpha value is 0.870. The summed E-state index contributed by atoms with van der Waals surface area (Å²) in [5.41, 5.74) is 0. The van der Waals surface area contributed by atoms with E-state index in [9.17, 15) is 0 Å². The molecule has 55 valence electrons. The minimum absolute atomic E-state index is 0.535. The maximum atomic E-state index is 5.74. The van der Waals surface area contributed by atoms with Gasteiger partial charge < -0.3 is 0 Å². The minimum Gasteiger partial charge on any atom is -0.127 e. The molecule has 0 unspecified atom stereocenters. The van der Waals surface area contributed by atoms with Crippen LogP contribution >= 0.6 is 34.8 Å². The first-order valence-corrected chi connectivity index (χ1v) is 4.14. The van der Waals surface area contributed by atoms with E-state index in [1.54, 1.807) is 0 Å². The van der Waals surface area contributed by atoms with Crippen LogP contribution in [0, 0.1) is 6.92 Å². The molecule has 0 aliphatic heterocycles. The number of hydrogen-bond donors (Lipinski definition) is 0. The van der Waals surface area contributed by atoms with Gasteiger partial charge in [-0.3, -0.25) is 0 Å². The van der Waals surface area contributed by atoms with Crippen molar-refractivity contribution in [2.45, 2.75) is 23.6 Å². The summed E-state index contributed by atoms with van der Waals surface area (Å²) in [6, 6.07) is 0. The van der Waals surface area contributed by atoms with E-state index in [-0.39, 0.29) is 0 Å². The molecule has 0 fully saturated rings. The van der Waals surface area contributed by atoms with Crippen LogP contribution in [-0.4, -0.2) is 10.2 Å². The largest absolute Gasteiger partial charge is 0.127 e. The molecule has 0 bridgehead atoms. The summed E-state index contributed by atoms with van der Waals surface area (Å²) in [5, 5.41) is 0. The van der Waals surface area contributed by atoms with Gasteiger partial charge in [0, 0.05) is 5.88 Å². The van der Waals surface area contributed by atoms with Crippen molar-refractivity contribution in [2.75, 3.05) is 5.88 Å². The van der Waals surface area contributed by atoms with Gasteiger partial charge in [-0.2, -0.15) is 0 Å². The van der Waals surface area contributed by atoms with Crippen LogP contribution in [0.1, 0.15) is 19.3 Å². The van der Waals surface area contributed by atoms with Gasteiger partial charge in [0.1, 0.15) is 4.33 Å². The average Bonchev–Trinajstić information content (AvgIpc) is 1.84. The fourth-order valence-electron chi connectivity index (χ4n) is 0.450. The Balaban J connectivity index is 3.33. The average molecular weight is 189 g/mol. The third-order valence-corrected chi connectivity index (χ3v) is 2.07. The second-order valence-electron chi connectivity index (χ2n) is 1.90. The maximum Gasteiger partial charge on any atom is 0.118 e. The number of alkyl halides is 3. The highest BCUT2D eigenvalue weighted by atomic mass is 35.5. The van der Waals surface area contributed by atoms with Gasteiger partial charge in [-0.1, -0.05) is 6.92 Å². The molecule has 0 aromatic carbocycles. The Morgan fingerprint density at radius 2 is 1.89 bits per heavy atom. The number of hydrogen-bond acceptors (Lipinski definition) is 0. The van der Waals surface area contributed by atoms with Gasteiger partial charge in [-0.05, 0) is 19.3 Å². The topological polar surface area (TPSA) is 0 Å². The predicted octanol–water partition coefficient (Wildman–Crippen LogP) is 3.40. The molecule has 1 radical (unpaired) electrons. The van der Waals surface area contributed by atoms with Crippen LogP contribution in [0.25, 0.3) is 0 Å². The van der Waals surface area contributed by atoms with Gasteiger partial charge in [0.15, 0.2) is 0 Å². The molecule has 0 aromatic rings. The molecule has 0 saturated carbocycles. The number of halogens is 3. The van der Waals surface area contributed by atoms with Gasteiger partial charge >= 0.3 is 0 Å². The smallest absolute Gasteiger partial charge is 0.118 e. The maximum absolute atomic E-state index is 5.74. The van der Waals surface area contributed by atoms with Crippen molar-refractivity contribution in [1.29, 1.82) is 0 Å². The summed E-state index contributed by atoms with van der Waals surface area (Å²) < 4.78 is -0.658. The highest BCUT2D eigenvalue weighted by Crippen LogP contribution is 2.29. The summed E-state index contributed by atoms with van der Waals surface area (Å²) in [4.78, 5) is 0. The summed E-state index contributed by atoms with van der Waals surface area (Å²) >= 11 is 16.9. The van der Waals surface area contributed by atoms with E-state index in [1.807, 2.05) is 0 Å². The van der Waals surface area contributed by atoms with E-state index >= 15 is 0 Å². The van der Waals surface area contributed by atoms with Gasteiger partial charge in [0.05, 0.1) is 0 Å². The highest BCUT2D eigenvalue weighted by Gasteiger charge is 2.19. The molecular weight excluding hydrogens is 178 g/mol. The number of rotatable bonds is 4. The predicted molar refractivity (Wildman–Crippen MR) is 44.4 cm³/mol. The van der Waals surface area contributed by atoms with Crippen LogP contribution in [0.15, 0.2) is 0 Å². The first-order valence-electron chi connectivity index (χ1n) is 2.85. The van der Waals surface area contributed by atoms with Crippen LogP contribution < -0.4 is 0 Å². The molecule has 0 saturated heterocycles. The molecule has 0 aromatic heterocycles. The van der Waals surface area contributed by atoms with E-state index in [0.29, 0.717) is 12.3 Å². The molecule has 3 heteroatoms. The summed E-state index contributed by atoms with van der Waals surface area (Å²) in [6.07, 6.45) is 2.11. The molecule has 0 aliphatic carbocycles. The zero-order valence-electron chi connectivity index (χ0n) is 5.17. The van der Waals surface area contributed by atoms with Crippen LogP contribution in [0.4, 0.5) is 0 Å². The van der Waals surface area contributed by atoms with Crippen molar-refractivity contribution in [3.63, 3.8) is 0 Å². The Kier molecular flexibility index (Phi) is 5.10. The van der Waals surface area contributed by atoms with Gasteiger partial charge in [0.2, 0.25) is 0 Å². The molecule has 0 atom stereocenters. The molecular formula is C6H10Cl3. The summed E-state index contributed by atoms with van der Waals surface area (Å²) in [7, 11) is 0. The van der Waals surface area contributed by atoms with E-state index in [1.165, 1.54) is 0 Å². The fraction of sp³-hybridized carbons (Fsp3) is 0.833. The zero-order chi connectivity index (χ0) is 7.33. The lowest BCUT2D eigenvalue weighted by atomic mass is 10.2. The normalized spacial score (nSPS) is 12.0. The van der Waals surface area contributed by atoms with E-state index in [2.05, 4.69) is 6.92 Å². The first kappa shape index (κ1) is 9.87. The Labute approximate surface area is 71.5 Å². The molecule has 0 rings (SSSR count). The van der Waals surface area contributed by atoms with Crippen LogP contribution in [0.2, 0.25) is 0 Å². The van der Waals surface area contributed by atoms with Gasteiger partial charge in [-0.25, -0.2) is 0 Å². The summed E-state index contributed by atoms with van der Waals surface area (Å²) in [6.45, 7) is 3.60. The highest BCUT2D eigenvalue weighted by molar-refractivity contribution is 6.48. The van der Waals surface area contributed by atoms with Crippen molar-refractivity contribution in [2.24, 2.45) is 0 Å². The minimum atomic E-state index is -0.658. The van der Waals surface area contributed by atoms with Gasteiger partial charge in [-0.15, -0.1) is 34.8 Å². The third kappa shape index (κ3) is 5.32. The second kappa shape index (κ2) is 4.65. The lowest BCUT2D eigenvalue weighted by Gasteiger charge is -2.15. The Bertz CT molecular complexity index is 70.7. The summed E-state index contributed by atoms with van der Waals surface area (Å²) in [5.74, 6) is 0.612. The molecule has 9 heavy (non-hydrogen) atoms. The standard InChI is InChI=1S/C6H10Cl3/c1-2-6(8,9)4-3-5-7/h1-5H2. The van der Waals surface area contributed by atoms with E-state index in [0.717, 1.165) is 12.8 Å². The van der Waals surface area contributed by atoms with Crippen molar-refractivity contribution >= 4 is 34.8 Å². The molecule has 0 heterocycles. The fourth-order valence-corrected chi connectivity index (χ4v) is 0.851. The monoisotopic (exact) mass is 187 g/mol. The van der Waals surface area contributed by atoms with E-state index < -0.39 is 4.33 Å². The zero-order valence-corrected chi connectivity index (χ0v) is 7.44. The van der Waals surface area contributed by atoms with Crippen LogP contribution in [0.5, 0.6) is 0 Å². The first-order chi connectivity index (χ1) is 4.12. The van der Waals surface area contributed by atoms with Crippen LogP contribution in [0.3, 0.4) is 0 Å². The van der Waals surface area contributed by atoms with E-state index in [4.69, 9.17) is 34.8 Å². The van der Waals surface area contributed by atoms with Crippen molar-refractivity contribution in [3.8, 4) is 0 Å². The molecule has 0 amide bonds. The van der Waals surface area contributed by atoms with Crippen molar-refractivity contribution in [1.82, 2.24) is 0 Å². The molecule has 0 nitrogen and oxygen atoms in total. The Morgan fingerprint density at radius 1 is 1.33 bits per heavy atom. The van der Waals surface area contributed by atoms with Gasteiger partial charge in [0.25, 0.3) is 0 Å². The van der Waals surface area contributed by atoms with Crippen LogP contribution in [-0.2, 0) is 0 Å².